The number of nitrogens with zero attached hydrogens (tertiary/aromatic N) is 1. The summed E-state index contributed by atoms with van der Waals surface area (Å²) in [5.74, 6) is 0.0517. The van der Waals surface area contributed by atoms with Crippen molar-refractivity contribution in [2.75, 3.05) is 13.1 Å². The maximum atomic E-state index is 12.7. The third-order valence-electron chi connectivity index (χ3n) is 5.07. The topological polar surface area (TPSA) is 49.8 Å². The Morgan fingerprint density at radius 2 is 1.93 bits per heavy atom. The first kappa shape index (κ1) is 19.6. The van der Waals surface area contributed by atoms with Gasteiger partial charge in [-0.15, -0.1) is 0 Å². The number of likely N-dealkylation sites (tertiary alicyclic amines) is 1. The first-order valence-corrected chi connectivity index (χ1v) is 9.58. The number of hydrogen-bond acceptors (Lipinski definition) is 3. The Hall–Kier alpha value is -2.17. The van der Waals surface area contributed by atoms with E-state index in [1.165, 1.54) is 11.1 Å². The van der Waals surface area contributed by atoms with E-state index in [1.54, 1.807) is 13.8 Å². The second-order valence-corrected chi connectivity index (χ2v) is 8.08. The van der Waals surface area contributed by atoms with Crippen LogP contribution in [0.4, 0.5) is 0 Å². The van der Waals surface area contributed by atoms with Gasteiger partial charge in [0, 0.05) is 18.7 Å². The van der Waals surface area contributed by atoms with Crippen molar-refractivity contribution < 1.29 is 14.6 Å². The summed E-state index contributed by atoms with van der Waals surface area (Å²) in [5, 5.41) is 9.88. The van der Waals surface area contributed by atoms with Crippen LogP contribution in [0, 0.1) is 6.92 Å². The number of aliphatic hydroxyl groups is 1. The minimum Gasteiger partial charge on any atom is -0.390 e. The van der Waals surface area contributed by atoms with Crippen LogP contribution in [0.2, 0.25) is 0 Å². The Morgan fingerprint density at radius 1 is 1.19 bits per heavy atom. The lowest BCUT2D eigenvalue weighted by Gasteiger charge is -2.39. The number of hydrogen-bond donors (Lipinski definition) is 1. The molecule has 3 rings (SSSR count). The highest BCUT2D eigenvalue weighted by Gasteiger charge is 2.32. The third kappa shape index (κ3) is 5.41. The molecule has 1 fully saturated rings. The van der Waals surface area contributed by atoms with E-state index in [-0.39, 0.29) is 12.0 Å². The molecule has 0 radical (unpaired) electrons. The minimum absolute atomic E-state index is 0.0517. The van der Waals surface area contributed by atoms with Gasteiger partial charge in [0.1, 0.15) is 0 Å². The van der Waals surface area contributed by atoms with Gasteiger partial charge in [0.25, 0.3) is 5.91 Å². The lowest BCUT2D eigenvalue weighted by molar-refractivity contribution is -0.0504. The Bertz CT molecular complexity index is 788. The molecule has 4 heteroatoms. The van der Waals surface area contributed by atoms with Gasteiger partial charge >= 0.3 is 0 Å². The molecule has 2 aromatic rings. The average Bonchev–Trinajstić information content (AvgIpc) is 2.59. The molecular weight excluding hydrogens is 338 g/mol. The van der Waals surface area contributed by atoms with E-state index in [2.05, 4.69) is 19.1 Å². The normalized spacial score (nSPS) is 14.9. The molecule has 0 aliphatic carbocycles. The molecule has 0 saturated carbocycles. The van der Waals surface area contributed by atoms with Crippen LogP contribution in [-0.2, 0) is 17.8 Å². The average molecular weight is 367 g/mol. The van der Waals surface area contributed by atoms with Crippen LogP contribution in [0.25, 0.3) is 0 Å². The fraction of sp³-hybridized carbons (Fsp3) is 0.435. The largest absolute Gasteiger partial charge is 0.390 e. The monoisotopic (exact) mass is 367 g/mol. The molecule has 4 nitrogen and oxygen atoms in total. The summed E-state index contributed by atoms with van der Waals surface area (Å²) in [5.41, 5.74) is 3.52. The van der Waals surface area contributed by atoms with Crippen molar-refractivity contribution in [1.82, 2.24) is 4.90 Å². The lowest BCUT2D eigenvalue weighted by Crippen LogP contribution is -2.54. The molecule has 0 spiro atoms. The highest BCUT2D eigenvalue weighted by atomic mass is 16.5. The van der Waals surface area contributed by atoms with Crippen molar-refractivity contribution in [3.05, 3.63) is 70.8 Å². The molecule has 1 heterocycles. The number of benzene rings is 2. The van der Waals surface area contributed by atoms with Gasteiger partial charge in [-0.2, -0.15) is 0 Å². The molecule has 144 valence electrons. The van der Waals surface area contributed by atoms with Gasteiger partial charge in [-0.05, 0) is 62.4 Å². The molecule has 1 aliphatic rings. The van der Waals surface area contributed by atoms with E-state index in [9.17, 15) is 9.90 Å². The zero-order chi connectivity index (χ0) is 19.4. The van der Waals surface area contributed by atoms with E-state index in [4.69, 9.17) is 4.74 Å². The van der Waals surface area contributed by atoms with Crippen molar-refractivity contribution in [1.29, 1.82) is 0 Å². The zero-order valence-corrected chi connectivity index (χ0v) is 16.4. The number of aryl methyl sites for hydroxylation is 2. The maximum absolute atomic E-state index is 12.7. The van der Waals surface area contributed by atoms with Crippen molar-refractivity contribution in [2.45, 2.75) is 51.9 Å². The molecule has 27 heavy (non-hydrogen) atoms. The van der Waals surface area contributed by atoms with E-state index < -0.39 is 5.60 Å². The van der Waals surface area contributed by atoms with Crippen LogP contribution in [-0.4, -0.2) is 40.7 Å². The van der Waals surface area contributed by atoms with Crippen LogP contribution >= 0.6 is 0 Å². The van der Waals surface area contributed by atoms with Gasteiger partial charge < -0.3 is 14.7 Å². The highest BCUT2D eigenvalue weighted by molar-refractivity contribution is 5.95. The van der Waals surface area contributed by atoms with Crippen molar-refractivity contribution in [2.24, 2.45) is 0 Å². The van der Waals surface area contributed by atoms with Crippen LogP contribution < -0.4 is 0 Å². The van der Waals surface area contributed by atoms with Crippen LogP contribution in [0.1, 0.15) is 47.3 Å². The van der Waals surface area contributed by atoms with Crippen molar-refractivity contribution >= 4 is 5.91 Å². The molecule has 1 N–H and O–H groups in total. The second kappa shape index (κ2) is 8.24. The predicted molar refractivity (Wildman–Crippen MR) is 107 cm³/mol. The fourth-order valence-electron chi connectivity index (χ4n) is 3.18. The highest BCUT2D eigenvalue weighted by Crippen LogP contribution is 2.20. The molecular formula is C23H29NO3. The predicted octanol–water partition coefficient (Wildman–Crippen LogP) is 3.74. The summed E-state index contributed by atoms with van der Waals surface area (Å²) in [7, 11) is 0. The SMILES string of the molecule is Cc1ccccc1COC1CN(C(=O)c2cccc(CCC(C)(C)O)c2)C1. The Balaban J connectivity index is 1.49. The third-order valence-corrected chi connectivity index (χ3v) is 5.07. The van der Waals surface area contributed by atoms with Gasteiger partial charge in [-0.3, -0.25) is 4.79 Å². The first-order valence-electron chi connectivity index (χ1n) is 9.58. The number of amides is 1. The summed E-state index contributed by atoms with van der Waals surface area (Å²) in [6.45, 7) is 7.56. The van der Waals surface area contributed by atoms with Crippen LogP contribution in [0.5, 0.6) is 0 Å². The second-order valence-electron chi connectivity index (χ2n) is 8.08. The first-order chi connectivity index (χ1) is 12.8. The van der Waals surface area contributed by atoms with Gasteiger partial charge in [0.15, 0.2) is 0 Å². The number of carbonyl (C=O) groups is 1. The molecule has 0 aromatic heterocycles. The van der Waals surface area contributed by atoms with Crippen molar-refractivity contribution in [3.63, 3.8) is 0 Å². The Labute approximate surface area is 161 Å². The van der Waals surface area contributed by atoms with Gasteiger partial charge in [0.05, 0.1) is 18.3 Å². The molecule has 2 aromatic carbocycles. The summed E-state index contributed by atoms with van der Waals surface area (Å²) in [6, 6.07) is 15.9. The van der Waals surface area contributed by atoms with Gasteiger partial charge in [-0.25, -0.2) is 0 Å². The quantitative estimate of drug-likeness (QED) is 0.811. The van der Waals surface area contributed by atoms with Crippen molar-refractivity contribution in [3.8, 4) is 0 Å². The summed E-state index contributed by atoms with van der Waals surface area (Å²) < 4.78 is 5.94. The minimum atomic E-state index is -0.695. The fourth-order valence-corrected chi connectivity index (χ4v) is 3.18. The molecule has 0 bridgehead atoms. The maximum Gasteiger partial charge on any atom is 0.254 e. The molecule has 0 atom stereocenters. The molecule has 1 aliphatic heterocycles. The molecule has 0 unspecified atom stereocenters. The molecule has 1 amide bonds. The standard InChI is InChI=1S/C23H29NO3/c1-17-7-4-5-9-20(17)16-27-21-14-24(15-21)22(25)19-10-6-8-18(13-19)11-12-23(2,3)26/h4-10,13,21,26H,11-12,14-16H2,1-3H3. The lowest BCUT2D eigenvalue weighted by atomic mass is 9.97. The number of rotatable bonds is 7. The van der Waals surface area contributed by atoms with E-state index in [0.717, 1.165) is 12.0 Å². The molecule has 1 saturated heterocycles. The van der Waals surface area contributed by atoms with E-state index in [1.807, 2.05) is 41.3 Å². The van der Waals surface area contributed by atoms with Crippen LogP contribution in [0.15, 0.2) is 48.5 Å². The Kier molecular flexibility index (Phi) is 5.98. The zero-order valence-electron chi connectivity index (χ0n) is 16.4. The summed E-state index contributed by atoms with van der Waals surface area (Å²) in [6.07, 6.45) is 1.53. The van der Waals surface area contributed by atoms with Crippen LogP contribution in [0.3, 0.4) is 0 Å². The van der Waals surface area contributed by atoms with E-state index in [0.29, 0.717) is 31.7 Å². The summed E-state index contributed by atoms with van der Waals surface area (Å²) >= 11 is 0. The summed E-state index contributed by atoms with van der Waals surface area (Å²) in [4.78, 5) is 14.5. The van der Waals surface area contributed by atoms with Gasteiger partial charge in [0.2, 0.25) is 0 Å². The Morgan fingerprint density at radius 3 is 2.63 bits per heavy atom. The van der Waals surface area contributed by atoms with E-state index >= 15 is 0 Å². The number of ether oxygens (including phenoxy) is 1. The van der Waals surface area contributed by atoms with Gasteiger partial charge in [-0.1, -0.05) is 36.4 Å². The number of carbonyl (C=O) groups excluding carboxylic acids is 1. The smallest absolute Gasteiger partial charge is 0.254 e.